The topological polar surface area (TPSA) is 50.9 Å². The van der Waals surface area contributed by atoms with Crippen LogP contribution in [-0.4, -0.2) is 9.97 Å². The highest BCUT2D eigenvalue weighted by molar-refractivity contribution is 7.80. The zero-order chi connectivity index (χ0) is 13.2. The monoisotopic (exact) mass is 269 g/mol. The second-order valence-electron chi connectivity index (χ2n) is 4.73. The van der Waals surface area contributed by atoms with Crippen molar-refractivity contribution in [2.75, 3.05) is 5.32 Å². The van der Waals surface area contributed by atoms with E-state index >= 15 is 0 Å². The van der Waals surface area contributed by atoms with Crippen molar-refractivity contribution in [1.29, 1.82) is 0 Å². The molecule has 0 amide bonds. The predicted molar refractivity (Wildman–Crippen MR) is 81.9 cm³/mol. The molecule has 0 spiro atoms. The van der Waals surface area contributed by atoms with E-state index in [1.165, 1.54) is 30.4 Å². The molecule has 1 aliphatic carbocycles. The number of aromatic nitrogens is 1. The largest absolute Gasteiger partial charge is 0.388 e. The minimum atomic E-state index is 0.317. The number of hydrogen-bond donors (Lipinski definition) is 2. The first-order chi connectivity index (χ1) is 9.22. The molecule has 0 bridgehead atoms. The third kappa shape index (κ3) is 2.58. The highest BCUT2D eigenvalue weighted by atomic mass is 32.1. The van der Waals surface area contributed by atoms with E-state index in [1.54, 1.807) is 0 Å². The fourth-order valence-corrected chi connectivity index (χ4v) is 2.55. The van der Waals surface area contributed by atoms with Crippen LogP contribution in [0.5, 0.6) is 0 Å². The number of nitrogens with two attached hydrogens (primary N) is 1. The van der Waals surface area contributed by atoms with Crippen LogP contribution in [0.3, 0.4) is 0 Å². The van der Waals surface area contributed by atoms with Gasteiger partial charge in [0.1, 0.15) is 10.8 Å². The summed E-state index contributed by atoms with van der Waals surface area (Å²) in [5.41, 5.74) is 10.2. The van der Waals surface area contributed by atoms with Crippen LogP contribution < -0.4 is 11.1 Å². The Bertz CT molecular complexity index is 637. The quantitative estimate of drug-likeness (QED) is 0.841. The van der Waals surface area contributed by atoms with E-state index in [0.29, 0.717) is 10.7 Å². The highest BCUT2D eigenvalue weighted by Crippen LogP contribution is 2.26. The number of anilines is 2. The summed E-state index contributed by atoms with van der Waals surface area (Å²) in [6.07, 6.45) is 3.63. The van der Waals surface area contributed by atoms with Gasteiger partial charge in [-0.05, 0) is 54.7 Å². The lowest BCUT2D eigenvalue weighted by Gasteiger charge is -2.08. The molecule has 4 heteroatoms. The molecular weight excluding hydrogens is 254 g/mol. The molecule has 0 fully saturated rings. The standard InChI is InChI=1S/C15H15N3S/c16-15(19)13-5-2-6-14(18-13)17-12-8-7-10-3-1-4-11(10)9-12/h2,5-9H,1,3-4H2,(H2,16,19)(H,17,18). The van der Waals surface area contributed by atoms with Gasteiger partial charge < -0.3 is 11.1 Å². The van der Waals surface area contributed by atoms with Crippen LogP contribution in [0.25, 0.3) is 0 Å². The third-order valence-corrected chi connectivity index (χ3v) is 3.58. The van der Waals surface area contributed by atoms with Crippen LogP contribution in [0, 0.1) is 0 Å². The Morgan fingerprint density at radius 1 is 1.16 bits per heavy atom. The van der Waals surface area contributed by atoms with Crippen molar-refractivity contribution >= 4 is 28.7 Å². The van der Waals surface area contributed by atoms with Gasteiger partial charge >= 0.3 is 0 Å². The summed E-state index contributed by atoms with van der Waals surface area (Å²) < 4.78 is 0. The first-order valence-electron chi connectivity index (χ1n) is 6.38. The molecule has 0 saturated carbocycles. The van der Waals surface area contributed by atoms with Crippen LogP contribution in [0.1, 0.15) is 23.2 Å². The van der Waals surface area contributed by atoms with Gasteiger partial charge in [-0.25, -0.2) is 4.98 Å². The number of aryl methyl sites for hydroxylation is 2. The average Bonchev–Trinajstić information content (AvgIpc) is 2.86. The SMILES string of the molecule is NC(=S)c1cccc(Nc2ccc3c(c2)CCC3)n1. The molecule has 0 unspecified atom stereocenters. The molecule has 96 valence electrons. The lowest BCUT2D eigenvalue weighted by atomic mass is 10.1. The van der Waals surface area contributed by atoms with E-state index in [1.807, 2.05) is 18.2 Å². The molecule has 3 nitrogen and oxygen atoms in total. The number of thiocarbonyl (C=S) groups is 1. The molecule has 1 aliphatic rings. The highest BCUT2D eigenvalue weighted by Gasteiger charge is 2.11. The van der Waals surface area contributed by atoms with Crippen LogP contribution in [0.2, 0.25) is 0 Å². The molecule has 19 heavy (non-hydrogen) atoms. The van der Waals surface area contributed by atoms with Crippen LogP contribution in [-0.2, 0) is 12.8 Å². The maximum Gasteiger partial charge on any atom is 0.131 e. The predicted octanol–water partition coefficient (Wildman–Crippen LogP) is 2.95. The number of fused-ring (bicyclic) bond motifs is 1. The number of hydrogen-bond acceptors (Lipinski definition) is 3. The van der Waals surface area contributed by atoms with Crippen LogP contribution >= 0.6 is 12.2 Å². The fourth-order valence-electron chi connectivity index (χ4n) is 2.44. The van der Waals surface area contributed by atoms with Crippen molar-refractivity contribution in [3.63, 3.8) is 0 Å². The Hall–Kier alpha value is -1.94. The Morgan fingerprint density at radius 3 is 2.84 bits per heavy atom. The molecule has 1 heterocycles. The van der Waals surface area contributed by atoms with E-state index < -0.39 is 0 Å². The Morgan fingerprint density at radius 2 is 2.00 bits per heavy atom. The molecule has 0 saturated heterocycles. The van der Waals surface area contributed by atoms with Crippen LogP contribution in [0.4, 0.5) is 11.5 Å². The molecule has 1 aromatic carbocycles. The molecule has 1 aromatic heterocycles. The van der Waals surface area contributed by atoms with Crippen molar-refractivity contribution in [3.8, 4) is 0 Å². The number of nitrogens with zero attached hydrogens (tertiary/aromatic N) is 1. The molecule has 2 aromatic rings. The smallest absolute Gasteiger partial charge is 0.131 e. The maximum atomic E-state index is 5.59. The second kappa shape index (κ2) is 4.97. The molecule has 0 aliphatic heterocycles. The van der Waals surface area contributed by atoms with Gasteiger partial charge in [-0.1, -0.05) is 24.4 Å². The van der Waals surface area contributed by atoms with Gasteiger partial charge in [-0.3, -0.25) is 0 Å². The van der Waals surface area contributed by atoms with Crippen LogP contribution in [0.15, 0.2) is 36.4 Å². The summed E-state index contributed by atoms with van der Waals surface area (Å²) in [4.78, 5) is 4.70. The minimum Gasteiger partial charge on any atom is -0.388 e. The van der Waals surface area contributed by atoms with Gasteiger partial charge in [0.2, 0.25) is 0 Å². The van der Waals surface area contributed by atoms with Crippen molar-refractivity contribution in [2.24, 2.45) is 5.73 Å². The van der Waals surface area contributed by atoms with Gasteiger partial charge in [-0.2, -0.15) is 0 Å². The summed E-state index contributed by atoms with van der Waals surface area (Å²) in [7, 11) is 0. The summed E-state index contributed by atoms with van der Waals surface area (Å²) in [5, 5.41) is 3.30. The number of benzene rings is 1. The Balaban J connectivity index is 1.85. The van der Waals surface area contributed by atoms with Crippen molar-refractivity contribution < 1.29 is 0 Å². The molecule has 3 N–H and O–H groups in total. The summed E-state index contributed by atoms with van der Waals surface area (Å²) in [6.45, 7) is 0. The Labute approximate surface area is 117 Å². The third-order valence-electron chi connectivity index (χ3n) is 3.37. The van der Waals surface area contributed by atoms with Gasteiger partial charge in [0.25, 0.3) is 0 Å². The molecule has 0 atom stereocenters. The van der Waals surface area contributed by atoms with E-state index in [-0.39, 0.29) is 0 Å². The lowest BCUT2D eigenvalue weighted by Crippen LogP contribution is -2.12. The summed E-state index contributed by atoms with van der Waals surface area (Å²) >= 11 is 4.94. The summed E-state index contributed by atoms with van der Waals surface area (Å²) in [5.74, 6) is 0.767. The molecular formula is C15H15N3S. The van der Waals surface area contributed by atoms with Gasteiger partial charge in [0, 0.05) is 5.69 Å². The average molecular weight is 269 g/mol. The number of nitrogens with one attached hydrogen (secondary N) is 1. The molecule has 0 radical (unpaired) electrons. The number of pyridine rings is 1. The van der Waals surface area contributed by atoms with Crippen molar-refractivity contribution in [2.45, 2.75) is 19.3 Å². The van der Waals surface area contributed by atoms with E-state index in [4.69, 9.17) is 18.0 Å². The van der Waals surface area contributed by atoms with Crippen molar-refractivity contribution in [1.82, 2.24) is 4.98 Å². The maximum absolute atomic E-state index is 5.59. The zero-order valence-corrected chi connectivity index (χ0v) is 11.3. The minimum absolute atomic E-state index is 0.317. The lowest BCUT2D eigenvalue weighted by molar-refractivity contribution is 0.912. The van der Waals surface area contributed by atoms with Crippen molar-refractivity contribution in [3.05, 3.63) is 53.2 Å². The van der Waals surface area contributed by atoms with E-state index in [2.05, 4.69) is 28.5 Å². The first-order valence-corrected chi connectivity index (χ1v) is 6.79. The first kappa shape index (κ1) is 12.1. The Kier molecular flexibility index (Phi) is 3.17. The normalized spacial score (nSPS) is 13.1. The van der Waals surface area contributed by atoms with Gasteiger partial charge in [-0.15, -0.1) is 0 Å². The second-order valence-corrected chi connectivity index (χ2v) is 5.17. The zero-order valence-electron chi connectivity index (χ0n) is 10.5. The van der Waals surface area contributed by atoms with Gasteiger partial charge in [0.05, 0.1) is 5.69 Å². The van der Waals surface area contributed by atoms with E-state index in [0.717, 1.165) is 11.5 Å². The fraction of sp³-hybridized carbons (Fsp3) is 0.200. The summed E-state index contributed by atoms with van der Waals surface area (Å²) in [6, 6.07) is 12.1. The molecule has 3 rings (SSSR count). The van der Waals surface area contributed by atoms with E-state index in [9.17, 15) is 0 Å². The number of rotatable bonds is 3. The van der Waals surface area contributed by atoms with Gasteiger partial charge in [0.15, 0.2) is 0 Å².